The minimum absolute atomic E-state index is 0.0640. The monoisotopic (exact) mass is 553 g/mol. The number of hydrogen-bond donors (Lipinski definition) is 0. The number of nitrogens with zero attached hydrogens (tertiary/aromatic N) is 1. The highest BCUT2D eigenvalue weighted by atomic mass is 35.5. The van der Waals surface area contributed by atoms with Crippen LogP contribution in [-0.4, -0.2) is 43.3 Å². The van der Waals surface area contributed by atoms with Crippen molar-refractivity contribution in [3.63, 3.8) is 0 Å². The van der Waals surface area contributed by atoms with Gasteiger partial charge in [0.1, 0.15) is 12.4 Å². The van der Waals surface area contributed by atoms with Gasteiger partial charge in [-0.15, -0.1) is 0 Å². The maximum Gasteiger partial charge on any atom is 0.180 e. The Balaban J connectivity index is 1.60. The van der Waals surface area contributed by atoms with Crippen LogP contribution in [0, 0.1) is 5.82 Å². The SMILES string of the molecule is CCOc1cc(C2C3=C(CCCC3=O)N(CCOC)C3=C2C(=O)CCC3)cc(Cl)c1OCc1cccc(F)c1. The molecule has 0 unspecified atom stereocenters. The van der Waals surface area contributed by atoms with E-state index >= 15 is 0 Å². The van der Waals surface area contributed by atoms with Crippen LogP contribution in [0.25, 0.3) is 0 Å². The molecule has 0 N–H and O–H groups in total. The zero-order valence-electron chi connectivity index (χ0n) is 22.4. The van der Waals surface area contributed by atoms with Crippen LogP contribution in [0.15, 0.2) is 58.9 Å². The molecule has 1 aliphatic heterocycles. The van der Waals surface area contributed by atoms with E-state index in [-0.39, 0.29) is 24.0 Å². The summed E-state index contributed by atoms with van der Waals surface area (Å²) in [5.74, 6) is 0.0416. The molecule has 0 saturated heterocycles. The van der Waals surface area contributed by atoms with E-state index in [0.29, 0.717) is 65.8 Å². The smallest absolute Gasteiger partial charge is 0.180 e. The predicted molar refractivity (Wildman–Crippen MR) is 146 cm³/mol. The van der Waals surface area contributed by atoms with Crippen LogP contribution >= 0.6 is 11.6 Å². The highest BCUT2D eigenvalue weighted by Gasteiger charge is 2.43. The Bertz CT molecular complexity index is 1310. The number of rotatable bonds is 9. The number of benzene rings is 2. The molecule has 1 heterocycles. The lowest BCUT2D eigenvalue weighted by Crippen LogP contribution is -2.40. The first-order chi connectivity index (χ1) is 18.9. The third-order valence-corrected chi connectivity index (χ3v) is 7.82. The molecule has 2 aliphatic carbocycles. The van der Waals surface area contributed by atoms with Gasteiger partial charge in [-0.05, 0) is 68.0 Å². The molecule has 6 nitrogen and oxygen atoms in total. The Morgan fingerprint density at radius 1 is 0.974 bits per heavy atom. The molecule has 0 radical (unpaired) electrons. The zero-order chi connectivity index (χ0) is 27.5. The molecule has 5 rings (SSSR count). The minimum atomic E-state index is -0.511. The van der Waals surface area contributed by atoms with E-state index in [1.54, 1.807) is 25.3 Å². The number of halogens is 2. The number of carbonyl (C=O) groups excluding carboxylic acids is 2. The van der Waals surface area contributed by atoms with E-state index < -0.39 is 5.92 Å². The lowest BCUT2D eigenvalue weighted by atomic mass is 9.71. The Labute approximate surface area is 233 Å². The lowest BCUT2D eigenvalue weighted by Gasteiger charge is -2.44. The van der Waals surface area contributed by atoms with Crippen LogP contribution in [0.2, 0.25) is 5.02 Å². The fourth-order valence-corrected chi connectivity index (χ4v) is 6.22. The van der Waals surface area contributed by atoms with Crippen molar-refractivity contribution in [1.82, 2.24) is 4.90 Å². The first-order valence-corrected chi connectivity index (χ1v) is 13.9. The molecule has 8 heteroatoms. The molecular weight excluding hydrogens is 521 g/mol. The van der Waals surface area contributed by atoms with Gasteiger partial charge >= 0.3 is 0 Å². The number of ether oxygens (including phenoxy) is 3. The lowest BCUT2D eigenvalue weighted by molar-refractivity contribution is -0.117. The molecule has 0 amide bonds. The van der Waals surface area contributed by atoms with Crippen molar-refractivity contribution in [2.75, 3.05) is 26.9 Å². The molecular formula is C31H33ClFNO5. The average Bonchev–Trinajstić information content (AvgIpc) is 2.91. The predicted octanol–water partition coefficient (Wildman–Crippen LogP) is 6.52. The summed E-state index contributed by atoms with van der Waals surface area (Å²) >= 11 is 6.80. The van der Waals surface area contributed by atoms with Crippen LogP contribution in [-0.2, 0) is 20.9 Å². The molecule has 3 aliphatic rings. The summed E-state index contributed by atoms with van der Waals surface area (Å²) in [5.41, 5.74) is 4.73. The molecule has 39 heavy (non-hydrogen) atoms. The molecule has 0 atom stereocenters. The summed E-state index contributed by atoms with van der Waals surface area (Å²) in [6.45, 7) is 3.43. The Hall–Kier alpha value is -3.16. The van der Waals surface area contributed by atoms with Crippen LogP contribution in [0.5, 0.6) is 11.5 Å². The summed E-state index contributed by atoms with van der Waals surface area (Å²) in [6.07, 6.45) is 4.00. The molecule has 0 aromatic heterocycles. The second-order valence-electron chi connectivity index (χ2n) is 10.0. The molecule has 206 valence electrons. The van der Waals surface area contributed by atoms with E-state index in [4.69, 9.17) is 25.8 Å². The number of carbonyl (C=O) groups is 2. The molecule has 0 saturated carbocycles. The topological polar surface area (TPSA) is 65.1 Å². The second-order valence-corrected chi connectivity index (χ2v) is 10.4. The fourth-order valence-electron chi connectivity index (χ4n) is 5.94. The van der Waals surface area contributed by atoms with E-state index in [2.05, 4.69) is 4.90 Å². The number of allylic oxidation sites excluding steroid dienone is 4. The molecule has 2 aromatic rings. The molecule has 0 fully saturated rings. The van der Waals surface area contributed by atoms with Crippen LogP contribution < -0.4 is 9.47 Å². The third kappa shape index (κ3) is 5.48. The Morgan fingerprint density at radius 2 is 1.67 bits per heavy atom. The van der Waals surface area contributed by atoms with E-state index in [1.165, 1.54) is 12.1 Å². The van der Waals surface area contributed by atoms with Gasteiger partial charge in [0.2, 0.25) is 0 Å². The summed E-state index contributed by atoms with van der Waals surface area (Å²) in [7, 11) is 1.66. The normalized spacial score (nSPS) is 17.9. The summed E-state index contributed by atoms with van der Waals surface area (Å²) in [5, 5.41) is 0.310. The molecule has 0 bridgehead atoms. The number of hydrogen-bond acceptors (Lipinski definition) is 6. The van der Waals surface area contributed by atoms with Crippen LogP contribution in [0.1, 0.15) is 62.5 Å². The van der Waals surface area contributed by atoms with Crippen molar-refractivity contribution in [3.05, 3.63) is 80.9 Å². The van der Waals surface area contributed by atoms with Crippen molar-refractivity contribution in [1.29, 1.82) is 0 Å². The van der Waals surface area contributed by atoms with Gasteiger partial charge in [-0.25, -0.2) is 4.39 Å². The van der Waals surface area contributed by atoms with Crippen molar-refractivity contribution in [3.8, 4) is 11.5 Å². The van der Waals surface area contributed by atoms with Gasteiger partial charge in [0, 0.05) is 55.0 Å². The van der Waals surface area contributed by atoms with Crippen molar-refractivity contribution in [2.24, 2.45) is 0 Å². The maximum atomic E-state index is 13.7. The van der Waals surface area contributed by atoms with Gasteiger partial charge in [-0.3, -0.25) is 9.59 Å². The number of Topliss-reactive ketones (excluding diaryl/α,β-unsaturated/α-hetero) is 2. The van der Waals surface area contributed by atoms with Gasteiger partial charge in [0.05, 0.1) is 18.2 Å². The number of methoxy groups -OCH3 is 1. The van der Waals surface area contributed by atoms with Crippen LogP contribution in [0.4, 0.5) is 4.39 Å². The summed E-state index contributed by atoms with van der Waals surface area (Å²) in [4.78, 5) is 29.2. The van der Waals surface area contributed by atoms with Crippen molar-refractivity contribution >= 4 is 23.2 Å². The first-order valence-electron chi connectivity index (χ1n) is 13.5. The van der Waals surface area contributed by atoms with Crippen LogP contribution in [0.3, 0.4) is 0 Å². The highest BCUT2D eigenvalue weighted by molar-refractivity contribution is 6.32. The summed E-state index contributed by atoms with van der Waals surface area (Å²) in [6, 6.07) is 9.80. The van der Waals surface area contributed by atoms with Gasteiger partial charge in [0.15, 0.2) is 23.1 Å². The van der Waals surface area contributed by atoms with E-state index in [0.717, 1.165) is 42.6 Å². The fraction of sp³-hybridized carbons (Fsp3) is 0.419. The first kappa shape index (κ1) is 27.4. The van der Waals surface area contributed by atoms with Gasteiger partial charge < -0.3 is 19.1 Å². The van der Waals surface area contributed by atoms with Gasteiger partial charge in [-0.2, -0.15) is 0 Å². The Morgan fingerprint density at radius 3 is 2.28 bits per heavy atom. The summed E-state index contributed by atoms with van der Waals surface area (Å²) < 4.78 is 31.0. The second kappa shape index (κ2) is 11.9. The minimum Gasteiger partial charge on any atom is -0.490 e. The standard InChI is InChI=1S/C31H33ClFNO5/c1-3-38-27-17-20(16-22(32)31(27)39-18-19-7-4-8-21(33)15-19)28-29-23(9-5-11-25(29)35)34(13-14-37-2)24-10-6-12-26(36)30(24)28/h4,7-8,15-17,28H,3,5-6,9-14,18H2,1-2H3. The van der Waals surface area contributed by atoms with Crippen molar-refractivity contribution < 1.29 is 28.2 Å². The molecule has 0 spiro atoms. The quantitative estimate of drug-likeness (QED) is 0.352. The third-order valence-electron chi connectivity index (χ3n) is 7.54. The highest BCUT2D eigenvalue weighted by Crippen LogP contribution is 2.51. The van der Waals surface area contributed by atoms with Crippen molar-refractivity contribution in [2.45, 2.75) is 58.0 Å². The number of ketones is 2. The van der Waals surface area contributed by atoms with Gasteiger partial charge in [-0.1, -0.05) is 23.7 Å². The maximum absolute atomic E-state index is 13.7. The van der Waals surface area contributed by atoms with E-state index in [1.807, 2.05) is 13.0 Å². The average molecular weight is 554 g/mol. The largest absolute Gasteiger partial charge is 0.490 e. The van der Waals surface area contributed by atoms with Gasteiger partial charge in [0.25, 0.3) is 0 Å². The van der Waals surface area contributed by atoms with E-state index in [9.17, 15) is 14.0 Å². The zero-order valence-corrected chi connectivity index (χ0v) is 23.1. The Kier molecular flexibility index (Phi) is 8.38. The molecule has 2 aromatic carbocycles.